The van der Waals surface area contributed by atoms with E-state index in [2.05, 4.69) is 79.6 Å². The number of hydrogen-bond acceptors (Lipinski definition) is 2. The molecule has 2 aromatic rings. The van der Waals surface area contributed by atoms with E-state index >= 15 is 0 Å². The average Bonchev–Trinajstić information content (AvgIpc) is 2.53. The monoisotopic (exact) mass is 375 g/mol. The van der Waals surface area contributed by atoms with Gasteiger partial charge < -0.3 is 0 Å². The van der Waals surface area contributed by atoms with Crippen molar-refractivity contribution in [2.45, 2.75) is 38.2 Å². The summed E-state index contributed by atoms with van der Waals surface area (Å²) >= 11 is 0.484. The molecule has 0 amide bonds. The van der Waals surface area contributed by atoms with Crippen molar-refractivity contribution in [1.82, 2.24) is 5.06 Å². The molecule has 1 aliphatic rings. The quantitative estimate of drug-likeness (QED) is 0.741. The maximum absolute atomic E-state index is 6.30. The summed E-state index contributed by atoms with van der Waals surface area (Å²) in [4.78, 5) is 6.30. The molecule has 0 aliphatic carbocycles. The first-order chi connectivity index (χ1) is 11.1. The third-order valence-electron chi connectivity index (χ3n) is 4.06. The molecule has 0 bridgehead atoms. The summed E-state index contributed by atoms with van der Waals surface area (Å²) in [5.74, 6) is 0. The Morgan fingerprint density at radius 1 is 1.04 bits per heavy atom. The first-order valence-electron chi connectivity index (χ1n) is 8.24. The number of nitrogens with zero attached hydrogens (tertiary/aromatic N) is 1. The predicted octanol–water partition coefficient (Wildman–Crippen LogP) is 3.67. The van der Waals surface area contributed by atoms with Crippen molar-refractivity contribution in [3.63, 3.8) is 0 Å². The van der Waals surface area contributed by atoms with Crippen molar-refractivity contribution in [2.24, 2.45) is 5.41 Å². The fourth-order valence-electron chi connectivity index (χ4n) is 3.12. The molecule has 1 atom stereocenters. The molecular weight excluding hydrogens is 349 g/mol. The van der Waals surface area contributed by atoms with Crippen LogP contribution in [-0.2, 0) is 11.4 Å². The maximum atomic E-state index is 6.30. The number of benzene rings is 2. The van der Waals surface area contributed by atoms with Crippen molar-refractivity contribution in [3.8, 4) is 0 Å². The van der Waals surface area contributed by atoms with Gasteiger partial charge >= 0.3 is 146 Å². The van der Waals surface area contributed by atoms with Gasteiger partial charge in [-0.2, -0.15) is 0 Å². The van der Waals surface area contributed by atoms with E-state index in [1.54, 1.807) is 0 Å². The van der Waals surface area contributed by atoms with Crippen LogP contribution in [0.2, 0.25) is 5.32 Å². The summed E-state index contributed by atoms with van der Waals surface area (Å²) in [6.45, 7) is 6.59. The molecule has 0 saturated carbocycles. The van der Waals surface area contributed by atoms with Crippen molar-refractivity contribution in [3.05, 3.63) is 66.2 Å². The van der Waals surface area contributed by atoms with Crippen LogP contribution in [0.1, 0.15) is 25.8 Å². The summed E-state index contributed by atoms with van der Waals surface area (Å²) < 4.78 is 1.46. The molecule has 0 N–H and O–H groups in total. The topological polar surface area (TPSA) is 12.5 Å². The van der Waals surface area contributed by atoms with Crippen LogP contribution in [0.15, 0.2) is 60.7 Å². The standard InChI is InChI=1S/C20H25NOSe/c1-20(2)13-18(15-23-19-11-7-4-8-12-19)22-21(16-20)14-17-9-5-3-6-10-17/h3-12,18H,13-16H2,1-2H3. The predicted molar refractivity (Wildman–Crippen MR) is 96.8 cm³/mol. The van der Waals surface area contributed by atoms with Crippen molar-refractivity contribution in [1.29, 1.82) is 0 Å². The molecule has 2 nitrogen and oxygen atoms in total. The summed E-state index contributed by atoms with van der Waals surface area (Å²) in [6, 6.07) is 21.4. The molecule has 0 radical (unpaired) electrons. The number of hydroxylamine groups is 2. The molecule has 0 spiro atoms. The summed E-state index contributed by atoms with van der Waals surface area (Å²) in [7, 11) is 0. The summed E-state index contributed by atoms with van der Waals surface area (Å²) in [5.41, 5.74) is 1.63. The molecule has 23 heavy (non-hydrogen) atoms. The number of hydrogen-bond donors (Lipinski definition) is 0. The van der Waals surface area contributed by atoms with Crippen LogP contribution in [0, 0.1) is 5.41 Å². The first kappa shape index (κ1) is 16.7. The minimum atomic E-state index is 0.310. The van der Waals surface area contributed by atoms with Crippen LogP contribution in [-0.4, -0.2) is 32.7 Å². The molecular formula is C20H25NOSe. The zero-order valence-electron chi connectivity index (χ0n) is 13.9. The van der Waals surface area contributed by atoms with E-state index < -0.39 is 0 Å². The fourth-order valence-corrected chi connectivity index (χ4v) is 5.02. The van der Waals surface area contributed by atoms with Crippen LogP contribution < -0.4 is 4.46 Å². The normalized spacial score (nSPS) is 21.2. The zero-order valence-corrected chi connectivity index (χ0v) is 15.7. The Kier molecular flexibility index (Phi) is 5.55. The Morgan fingerprint density at radius 2 is 1.70 bits per heavy atom. The Labute approximate surface area is 146 Å². The molecule has 3 heteroatoms. The summed E-state index contributed by atoms with van der Waals surface area (Å²) in [6.07, 6.45) is 1.48. The molecule has 122 valence electrons. The molecule has 1 aliphatic heterocycles. The fraction of sp³-hybridized carbons (Fsp3) is 0.400. The molecule has 1 unspecified atom stereocenters. The molecule has 3 rings (SSSR count). The average molecular weight is 374 g/mol. The van der Waals surface area contributed by atoms with E-state index in [-0.39, 0.29) is 0 Å². The van der Waals surface area contributed by atoms with Crippen LogP contribution >= 0.6 is 0 Å². The van der Waals surface area contributed by atoms with Gasteiger partial charge in [-0.3, -0.25) is 0 Å². The van der Waals surface area contributed by atoms with E-state index in [0.717, 1.165) is 24.8 Å². The van der Waals surface area contributed by atoms with Gasteiger partial charge in [0.1, 0.15) is 0 Å². The van der Waals surface area contributed by atoms with Gasteiger partial charge in [-0.15, -0.1) is 0 Å². The second kappa shape index (κ2) is 7.63. The van der Waals surface area contributed by atoms with Gasteiger partial charge in [-0.1, -0.05) is 0 Å². The minimum absolute atomic E-state index is 0.310. The Balaban J connectivity index is 1.60. The van der Waals surface area contributed by atoms with Crippen LogP contribution in [0.4, 0.5) is 0 Å². The Hall–Kier alpha value is -1.12. The Bertz CT molecular complexity index is 600. The zero-order chi connectivity index (χ0) is 16.1. The van der Waals surface area contributed by atoms with Crippen LogP contribution in [0.5, 0.6) is 0 Å². The van der Waals surface area contributed by atoms with Crippen LogP contribution in [0.25, 0.3) is 0 Å². The van der Waals surface area contributed by atoms with Crippen molar-refractivity contribution >= 4 is 19.4 Å². The SMILES string of the molecule is CC1(C)CC(C[Se]c2ccccc2)ON(Cc2ccccc2)C1. The van der Waals surface area contributed by atoms with Gasteiger partial charge in [-0.05, 0) is 0 Å². The van der Waals surface area contributed by atoms with Gasteiger partial charge in [-0.25, -0.2) is 0 Å². The molecule has 2 aromatic carbocycles. The summed E-state index contributed by atoms with van der Waals surface area (Å²) in [5, 5.41) is 3.32. The molecule has 0 aromatic heterocycles. The third kappa shape index (κ3) is 5.19. The van der Waals surface area contributed by atoms with Gasteiger partial charge in [0.25, 0.3) is 0 Å². The molecule has 1 heterocycles. The second-order valence-corrected chi connectivity index (χ2v) is 9.30. The van der Waals surface area contributed by atoms with Crippen LogP contribution in [0.3, 0.4) is 0 Å². The molecule has 1 fully saturated rings. The van der Waals surface area contributed by atoms with Gasteiger partial charge in [0.05, 0.1) is 0 Å². The number of rotatable bonds is 5. The molecule has 1 saturated heterocycles. The van der Waals surface area contributed by atoms with E-state index in [1.807, 2.05) is 0 Å². The Morgan fingerprint density at radius 3 is 2.39 bits per heavy atom. The van der Waals surface area contributed by atoms with Gasteiger partial charge in [0.15, 0.2) is 0 Å². The first-order valence-corrected chi connectivity index (χ1v) is 10.3. The van der Waals surface area contributed by atoms with E-state index in [4.69, 9.17) is 4.84 Å². The van der Waals surface area contributed by atoms with E-state index in [1.165, 1.54) is 10.0 Å². The van der Waals surface area contributed by atoms with E-state index in [9.17, 15) is 0 Å². The second-order valence-electron chi connectivity index (χ2n) is 7.00. The van der Waals surface area contributed by atoms with Crippen molar-refractivity contribution < 1.29 is 4.84 Å². The van der Waals surface area contributed by atoms with Gasteiger partial charge in [0.2, 0.25) is 0 Å². The van der Waals surface area contributed by atoms with Crippen molar-refractivity contribution in [2.75, 3.05) is 6.54 Å². The van der Waals surface area contributed by atoms with E-state index in [0.29, 0.717) is 26.5 Å². The third-order valence-corrected chi connectivity index (χ3v) is 6.46. The van der Waals surface area contributed by atoms with Gasteiger partial charge in [0, 0.05) is 0 Å².